The number of hydrogen-bond acceptors (Lipinski definition) is 1. The quantitative estimate of drug-likeness (QED) is 0.673. The van der Waals surface area contributed by atoms with Crippen LogP contribution in [-0.2, 0) is 0 Å². The molecule has 0 saturated carbocycles. The molecule has 0 amide bonds. The van der Waals surface area contributed by atoms with E-state index in [2.05, 4.69) is 5.92 Å². The first-order chi connectivity index (χ1) is 5.24. The molecule has 0 spiro atoms. The molecule has 62 valence electrons. The fraction of sp³-hybridized carbons (Fsp3) is 0. The molecule has 1 aromatic rings. The zero-order chi connectivity index (χ0) is 8.27. The summed E-state index contributed by atoms with van der Waals surface area (Å²) in [5, 5.41) is 8.50. The van der Waals surface area contributed by atoms with E-state index in [-0.39, 0.29) is 18.0 Å². The van der Waals surface area contributed by atoms with Crippen molar-refractivity contribution in [3.8, 4) is 12.3 Å². The van der Waals surface area contributed by atoms with E-state index in [1.807, 2.05) is 0 Å². The molecule has 3 heteroatoms. The molecule has 0 aromatic heterocycles. The van der Waals surface area contributed by atoms with Crippen LogP contribution in [0, 0.1) is 12.3 Å². The van der Waals surface area contributed by atoms with E-state index in [9.17, 15) is 4.79 Å². The molecule has 0 heterocycles. The number of carboxylic acids is 1. The Morgan fingerprint density at radius 1 is 1.33 bits per heavy atom. The summed E-state index contributed by atoms with van der Waals surface area (Å²) in [6.07, 6.45) is 5.08. The van der Waals surface area contributed by atoms with Crippen molar-refractivity contribution in [3.05, 3.63) is 35.4 Å². The summed E-state index contributed by atoms with van der Waals surface area (Å²) in [6.45, 7) is 0. The maximum Gasteiger partial charge on any atom is 0.335 e. The zero-order valence-corrected chi connectivity index (χ0v) is 6.97. The Hall–Kier alpha value is -1.46. The predicted octanol–water partition coefficient (Wildman–Crippen LogP) is 1.79. The molecule has 0 unspecified atom stereocenters. The van der Waals surface area contributed by atoms with Gasteiger partial charge >= 0.3 is 5.97 Å². The minimum atomic E-state index is -0.937. The van der Waals surface area contributed by atoms with Crippen LogP contribution in [0.4, 0.5) is 0 Å². The van der Waals surface area contributed by atoms with Crippen LogP contribution < -0.4 is 0 Å². The Kier molecular flexibility index (Phi) is 3.89. The Bertz CT molecular complexity index is 308. The van der Waals surface area contributed by atoms with Gasteiger partial charge in [0.25, 0.3) is 0 Å². The molecule has 2 nitrogen and oxygen atoms in total. The minimum Gasteiger partial charge on any atom is -0.478 e. The van der Waals surface area contributed by atoms with Gasteiger partial charge in [-0.1, -0.05) is 5.92 Å². The van der Waals surface area contributed by atoms with Crippen molar-refractivity contribution in [2.45, 2.75) is 0 Å². The molecule has 0 fully saturated rings. The second-order valence-corrected chi connectivity index (χ2v) is 2.03. The standard InChI is InChI=1S/C9H6O2.ClH/c1-2-7-3-5-8(6-4-7)9(10)11;/h1,3-6H,(H,10,11);1H. The monoisotopic (exact) mass is 182 g/mol. The number of halogens is 1. The lowest BCUT2D eigenvalue weighted by molar-refractivity contribution is 0.0697. The topological polar surface area (TPSA) is 37.3 Å². The fourth-order valence-corrected chi connectivity index (χ4v) is 0.709. The Morgan fingerprint density at radius 3 is 2.17 bits per heavy atom. The molecule has 0 bridgehead atoms. The van der Waals surface area contributed by atoms with Gasteiger partial charge in [-0.25, -0.2) is 4.79 Å². The van der Waals surface area contributed by atoms with Crippen molar-refractivity contribution in [2.24, 2.45) is 0 Å². The van der Waals surface area contributed by atoms with Crippen LogP contribution in [0.3, 0.4) is 0 Å². The van der Waals surface area contributed by atoms with Crippen LogP contribution in [0.1, 0.15) is 15.9 Å². The number of hydrogen-bond donors (Lipinski definition) is 1. The maximum absolute atomic E-state index is 10.3. The van der Waals surface area contributed by atoms with E-state index in [1.165, 1.54) is 12.1 Å². The zero-order valence-electron chi connectivity index (χ0n) is 6.15. The molecule has 1 aromatic carbocycles. The largest absolute Gasteiger partial charge is 0.478 e. The molecule has 1 rings (SSSR count). The summed E-state index contributed by atoms with van der Waals surface area (Å²) in [5.74, 6) is 1.46. The van der Waals surface area contributed by atoms with Gasteiger partial charge in [0, 0.05) is 5.56 Å². The fourth-order valence-electron chi connectivity index (χ4n) is 0.709. The SMILES string of the molecule is C#Cc1ccc(C(=O)O)cc1.Cl. The van der Waals surface area contributed by atoms with Crippen molar-refractivity contribution in [3.63, 3.8) is 0 Å². The van der Waals surface area contributed by atoms with Crippen LogP contribution in [0.15, 0.2) is 24.3 Å². The molecular weight excluding hydrogens is 176 g/mol. The highest BCUT2D eigenvalue weighted by atomic mass is 35.5. The average molecular weight is 183 g/mol. The molecule has 0 aliphatic heterocycles. The highest BCUT2D eigenvalue weighted by Gasteiger charge is 1.99. The third-order valence-electron chi connectivity index (χ3n) is 1.30. The molecule has 0 aliphatic carbocycles. The third-order valence-corrected chi connectivity index (χ3v) is 1.30. The highest BCUT2D eigenvalue weighted by Crippen LogP contribution is 2.02. The number of benzene rings is 1. The van der Waals surface area contributed by atoms with Crippen molar-refractivity contribution in [2.75, 3.05) is 0 Å². The van der Waals surface area contributed by atoms with E-state index in [1.54, 1.807) is 12.1 Å². The number of aromatic carboxylic acids is 1. The molecule has 0 radical (unpaired) electrons. The first-order valence-electron chi connectivity index (χ1n) is 3.04. The molecular formula is C9H7ClO2. The van der Waals surface area contributed by atoms with Gasteiger partial charge in [-0.15, -0.1) is 18.8 Å². The van der Waals surface area contributed by atoms with Gasteiger partial charge in [-0.3, -0.25) is 0 Å². The predicted molar refractivity (Wildman–Crippen MR) is 48.6 cm³/mol. The smallest absolute Gasteiger partial charge is 0.335 e. The lowest BCUT2D eigenvalue weighted by atomic mass is 10.1. The van der Waals surface area contributed by atoms with Gasteiger partial charge in [0.2, 0.25) is 0 Å². The normalized spacial score (nSPS) is 7.92. The van der Waals surface area contributed by atoms with Gasteiger partial charge in [0.1, 0.15) is 0 Å². The van der Waals surface area contributed by atoms with Crippen molar-refractivity contribution < 1.29 is 9.90 Å². The summed E-state index contributed by atoms with van der Waals surface area (Å²) in [6, 6.07) is 6.17. The number of carboxylic acid groups (broad SMARTS) is 1. The van der Waals surface area contributed by atoms with Crippen molar-refractivity contribution >= 4 is 18.4 Å². The number of carbonyl (C=O) groups is 1. The van der Waals surface area contributed by atoms with E-state index in [4.69, 9.17) is 11.5 Å². The first kappa shape index (κ1) is 10.5. The Balaban J connectivity index is 0.00000121. The van der Waals surface area contributed by atoms with Gasteiger partial charge in [-0.05, 0) is 24.3 Å². The van der Waals surface area contributed by atoms with Crippen molar-refractivity contribution in [1.29, 1.82) is 0 Å². The first-order valence-corrected chi connectivity index (χ1v) is 3.04. The lowest BCUT2D eigenvalue weighted by Crippen LogP contribution is -1.94. The number of terminal acetylenes is 1. The third kappa shape index (κ3) is 2.30. The second kappa shape index (κ2) is 4.42. The number of rotatable bonds is 1. The Morgan fingerprint density at radius 2 is 1.83 bits per heavy atom. The van der Waals surface area contributed by atoms with Gasteiger partial charge < -0.3 is 5.11 Å². The van der Waals surface area contributed by atoms with E-state index < -0.39 is 5.97 Å². The summed E-state index contributed by atoms with van der Waals surface area (Å²) in [5.41, 5.74) is 0.944. The summed E-state index contributed by atoms with van der Waals surface area (Å²) >= 11 is 0. The van der Waals surface area contributed by atoms with E-state index in [0.717, 1.165) is 0 Å². The average Bonchev–Trinajstić information content (AvgIpc) is 2.05. The summed E-state index contributed by atoms with van der Waals surface area (Å²) in [7, 11) is 0. The van der Waals surface area contributed by atoms with Crippen LogP contribution >= 0.6 is 12.4 Å². The van der Waals surface area contributed by atoms with Crippen LogP contribution in [0.2, 0.25) is 0 Å². The van der Waals surface area contributed by atoms with E-state index in [0.29, 0.717) is 5.56 Å². The van der Waals surface area contributed by atoms with E-state index >= 15 is 0 Å². The minimum absolute atomic E-state index is 0. The summed E-state index contributed by atoms with van der Waals surface area (Å²) in [4.78, 5) is 10.3. The van der Waals surface area contributed by atoms with Crippen LogP contribution in [-0.4, -0.2) is 11.1 Å². The second-order valence-electron chi connectivity index (χ2n) is 2.03. The lowest BCUT2D eigenvalue weighted by Gasteiger charge is -1.92. The molecule has 0 atom stereocenters. The molecule has 1 N–H and O–H groups in total. The van der Waals surface area contributed by atoms with Crippen LogP contribution in [0.25, 0.3) is 0 Å². The van der Waals surface area contributed by atoms with Crippen LogP contribution in [0.5, 0.6) is 0 Å². The van der Waals surface area contributed by atoms with Crippen molar-refractivity contribution in [1.82, 2.24) is 0 Å². The maximum atomic E-state index is 10.3. The molecule has 12 heavy (non-hydrogen) atoms. The molecule has 0 aliphatic rings. The highest BCUT2D eigenvalue weighted by molar-refractivity contribution is 5.87. The van der Waals surface area contributed by atoms with Gasteiger partial charge in [0.05, 0.1) is 5.56 Å². The van der Waals surface area contributed by atoms with Gasteiger partial charge in [-0.2, -0.15) is 0 Å². The Labute approximate surface area is 76.6 Å². The molecule has 0 saturated heterocycles. The summed E-state index contributed by atoms with van der Waals surface area (Å²) < 4.78 is 0. The van der Waals surface area contributed by atoms with Gasteiger partial charge in [0.15, 0.2) is 0 Å².